The molecule has 0 radical (unpaired) electrons. The Kier molecular flexibility index (Phi) is 6.71. The second-order valence-corrected chi connectivity index (χ2v) is 9.49. The van der Waals surface area contributed by atoms with Crippen molar-refractivity contribution in [3.8, 4) is 0 Å². The van der Waals surface area contributed by atoms with Gasteiger partial charge in [0.25, 0.3) is 0 Å². The number of likely N-dealkylation sites (N-methyl/N-ethyl adjacent to an activating group) is 1. The van der Waals surface area contributed by atoms with Gasteiger partial charge in [0, 0.05) is 31.2 Å². The number of rotatable bonds is 6. The molecule has 9 heteroatoms. The second-order valence-electron chi connectivity index (χ2n) is 9.49. The van der Waals surface area contributed by atoms with Crippen LogP contribution in [0.15, 0.2) is 30.3 Å². The fourth-order valence-electron chi connectivity index (χ4n) is 4.49. The van der Waals surface area contributed by atoms with Crippen molar-refractivity contribution in [3.63, 3.8) is 0 Å². The molecule has 2 N–H and O–H groups in total. The van der Waals surface area contributed by atoms with Crippen LogP contribution in [0, 0.1) is 5.92 Å². The van der Waals surface area contributed by atoms with Gasteiger partial charge in [0.15, 0.2) is 5.82 Å². The summed E-state index contributed by atoms with van der Waals surface area (Å²) in [6.45, 7) is 5.98. The third-order valence-corrected chi connectivity index (χ3v) is 6.47. The molecule has 2 amide bonds. The molecule has 1 atom stereocenters. The number of fused-ring (bicyclic) bond motifs is 1. The quantitative estimate of drug-likeness (QED) is 0.694. The third-order valence-electron chi connectivity index (χ3n) is 6.47. The lowest BCUT2D eigenvalue weighted by molar-refractivity contribution is -0.122. The number of hydrogen-bond donors (Lipinski definition) is 2. The number of H-pyrrole nitrogens is 1. The fourth-order valence-corrected chi connectivity index (χ4v) is 4.49. The van der Waals surface area contributed by atoms with Crippen LogP contribution in [0.1, 0.15) is 49.6 Å². The van der Waals surface area contributed by atoms with Crippen molar-refractivity contribution in [2.75, 3.05) is 39.2 Å². The number of benzene rings is 1. The molecule has 9 nitrogen and oxygen atoms in total. The molecular weight excluding hydrogens is 422 g/mol. The van der Waals surface area contributed by atoms with Crippen LogP contribution in [0.2, 0.25) is 0 Å². The Morgan fingerprint density at radius 2 is 1.97 bits per heavy atom. The molecule has 0 unspecified atom stereocenters. The molecular formula is C24H33N5O4. The number of nitrogens with zero attached hydrogens (tertiary/aromatic N) is 3. The van der Waals surface area contributed by atoms with Crippen molar-refractivity contribution in [2.45, 2.75) is 44.9 Å². The minimum absolute atomic E-state index is 0.0541. The number of aromatic nitrogens is 2. The van der Waals surface area contributed by atoms with Gasteiger partial charge in [0.1, 0.15) is 6.10 Å². The highest BCUT2D eigenvalue weighted by molar-refractivity contribution is 5.92. The van der Waals surface area contributed by atoms with Crippen LogP contribution in [0.5, 0.6) is 0 Å². The van der Waals surface area contributed by atoms with Gasteiger partial charge in [-0.2, -0.15) is 5.10 Å². The second kappa shape index (κ2) is 9.52. The molecule has 2 aromatic rings. The highest BCUT2D eigenvalue weighted by Gasteiger charge is 2.45. The first kappa shape index (κ1) is 23.3. The molecule has 1 aromatic carbocycles. The summed E-state index contributed by atoms with van der Waals surface area (Å²) < 4.78 is 11.3. The number of carbonyl (C=O) groups is 2. The van der Waals surface area contributed by atoms with E-state index >= 15 is 0 Å². The van der Waals surface area contributed by atoms with Gasteiger partial charge in [-0.1, -0.05) is 30.3 Å². The topological polar surface area (TPSA) is 99.8 Å². The van der Waals surface area contributed by atoms with Crippen LogP contribution in [0.3, 0.4) is 0 Å². The summed E-state index contributed by atoms with van der Waals surface area (Å²) in [5, 5.41) is 10.3. The molecule has 3 heterocycles. The van der Waals surface area contributed by atoms with Crippen molar-refractivity contribution in [1.82, 2.24) is 20.0 Å². The average molecular weight is 456 g/mol. The number of hydrogen-bond acceptors (Lipinski definition) is 6. The molecule has 0 aliphatic carbocycles. The van der Waals surface area contributed by atoms with E-state index in [1.54, 1.807) is 4.90 Å². The number of anilines is 1. The molecule has 1 fully saturated rings. The average Bonchev–Trinajstić information content (AvgIpc) is 3.32. The van der Waals surface area contributed by atoms with Crippen LogP contribution in [0.4, 0.5) is 10.6 Å². The molecule has 4 rings (SSSR count). The first-order valence-corrected chi connectivity index (χ1v) is 11.4. The van der Waals surface area contributed by atoms with Crippen molar-refractivity contribution in [3.05, 3.63) is 47.2 Å². The Labute approximate surface area is 194 Å². The van der Waals surface area contributed by atoms with Crippen LogP contribution in [-0.4, -0.2) is 65.9 Å². The van der Waals surface area contributed by atoms with E-state index in [-0.39, 0.29) is 11.8 Å². The van der Waals surface area contributed by atoms with E-state index in [0.29, 0.717) is 45.0 Å². The normalized spacial score (nSPS) is 18.8. The summed E-state index contributed by atoms with van der Waals surface area (Å²) >= 11 is 0. The van der Waals surface area contributed by atoms with Gasteiger partial charge in [0.05, 0.1) is 17.8 Å². The van der Waals surface area contributed by atoms with Crippen molar-refractivity contribution in [1.29, 1.82) is 0 Å². The maximum Gasteiger partial charge on any atom is 0.411 e. The number of amides is 2. The van der Waals surface area contributed by atoms with E-state index in [2.05, 4.69) is 15.5 Å². The van der Waals surface area contributed by atoms with Gasteiger partial charge in [-0.3, -0.25) is 14.8 Å². The maximum absolute atomic E-state index is 13.3. The van der Waals surface area contributed by atoms with E-state index in [0.717, 1.165) is 16.8 Å². The van der Waals surface area contributed by atoms with Crippen LogP contribution >= 0.6 is 0 Å². The Bertz CT molecular complexity index is 982. The van der Waals surface area contributed by atoms with Gasteiger partial charge in [0.2, 0.25) is 5.91 Å². The Balaban J connectivity index is 1.49. The van der Waals surface area contributed by atoms with Gasteiger partial charge < -0.3 is 19.7 Å². The number of nitrogens with one attached hydrogen (secondary N) is 2. The Hall–Kier alpha value is -2.91. The molecule has 1 saturated heterocycles. The molecule has 2 aliphatic heterocycles. The van der Waals surface area contributed by atoms with Crippen LogP contribution in [0.25, 0.3) is 0 Å². The molecule has 1 aromatic heterocycles. The molecule has 2 aliphatic rings. The van der Waals surface area contributed by atoms with Crippen LogP contribution < -0.4 is 5.32 Å². The highest BCUT2D eigenvalue weighted by atomic mass is 16.6. The van der Waals surface area contributed by atoms with E-state index in [9.17, 15) is 9.59 Å². The maximum atomic E-state index is 13.3. The summed E-state index contributed by atoms with van der Waals surface area (Å²) in [6, 6.07) is 9.75. The van der Waals surface area contributed by atoms with Crippen molar-refractivity contribution in [2.24, 2.45) is 5.92 Å². The minimum atomic E-state index is -0.652. The van der Waals surface area contributed by atoms with E-state index in [4.69, 9.17) is 9.47 Å². The van der Waals surface area contributed by atoms with E-state index in [1.165, 1.54) is 0 Å². The lowest BCUT2D eigenvalue weighted by Gasteiger charge is -2.33. The SMILES string of the molecule is CN(C)C[C@@H](OC(=O)N1Cc2c(NC(=O)C3CCOCC3)n[nH]c2C1(C)C)c1ccccc1. The Morgan fingerprint density at radius 3 is 2.64 bits per heavy atom. The molecule has 0 bridgehead atoms. The summed E-state index contributed by atoms with van der Waals surface area (Å²) in [6.07, 6.45) is 0.612. The smallest absolute Gasteiger partial charge is 0.411 e. The summed E-state index contributed by atoms with van der Waals surface area (Å²) in [4.78, 5) is 29.7. The first-order chi connectivity index (χ1) is 15.8. The highest BCUT2D eigenvalue weighted by Crippen LogP contribution is 2.41. The number of ether oxygens (including phenoxy) is 2. The van der Waals surface area contributed by atoms with Gasteiger partial charge in [-0.05, 0) is 46.3 Å². The third kappa shape index (κ3) is 4.89. The predicted molar refractivity (Wildman–Crippen MR) is 124 cm³/mol. The zero-order valence-corrected chi connectivity index (χ0v) is 19.8. The lowest BCUT2D eigenvalue weighted by Crippen LogP contribution is -2.42. The summed E-state index contributed by atoms with van der Waals surface area (Å²) in [5.74, 6) is 0.346. The fraction of sp³-hybridized carbons (Fsp3) is 0.542. The van der Waals surface area contributed by atoms with Crippen molar-refractivity contribution < 1.29 is 19.1 Å². The molecule has 0 spiro atoms. The van der Waals surface area contributed by atoms with Gasteiger partial charge in [-0.15, -0.1) is 0 Å². The summed E-state index contributed by atoms with van der Waals surface area (Å²) in [7, 11) is 3.90. The van der Waals surface area contributed by atoms with Crippen LogP contribution in [-0.2, 0) is 26.4 Å². The predicted octanol–water partition coefficient (Wildman–Crippen LogP) is 3.27. The summed E-state index contributed by atoms with van der Waals surface area (Å²) in [5.41, 5.74) is 1.92. The first-order valence-electron chi connectivity index (χ1n) is 11.4. The zero-order chi connectivity index (χ0) is 23.6. The van der Waals surface area contributed by atoms with E-state index < -0.39 is 17.7 Å². The lowest BCUT2D eigenvalue weighted by atomic mass is 9.99. The Morgan fingerprint density at radius 1 is 1.27 bits per heavy atom. The molecule has 178 valence electrons. The largest absolute Gasteiger partial charge is 0.440 e. The standard InChI is InChI=1S/C24H33N5O4/c1-24(2)20-18(21(27-26-20)25-22(30)17-10-12-32-13-11-17)14-29(24)23(31)33-19(15-28(3)4)16-8-6-5-7-9-16/h5-9,17,19H,10-15H2,1-4H3,(H2,25,26,27,30)/t19-/m1/s1. The van der Waals surface area contributed by atoms with Crippen molar-refractivity contribution >= 4 is 17.8 Å². The minimum Gasteiger partial charge on any atom is -0.440 e. The van der Waals surface area contributed by atoms with Gasteiger partial charge in [-0.25, -0.2) is 4.79 Å². The molecule has 33 heavy (non-hydrogen) atoms. The van der Waals surface area contributed by atoms with E-state index in [1.807, 2.05) is 63.2 Å². The van der Waals surface area contributed by atoms with Gasteiger partial charge >= 0.3 is 6.09 Å². The monoisotopic (exact) mass is 455 g/mol. The number of carbonyl (C=O) groups excluding carboxylic acids is 2. The zero-order valence-electron chi connectivity index (χ0n) is 19.8. The molecule has 0 saturated carbocycles. The number of aromatic amines is 1.